The fraction of sp³-hybridized carbons (Fsp3) is 0.447. The number of hydrogen-bond donors (Lipinski definition) is 5. The number of thioether (sulfide) groups is 1. The van der Waals surface area contributed by atoms with Crippen LogP contribution >= 0.6 is 11.8 Å². The van der Waals surface area contributed by atoms with Crippen LogP contribution in [0.5, 0.6) is 0 Å². The van der Waals surface area contributed by atoms with Gasteiger partial charge in [-0.25, -0.2) is 8.78 Å². The number of primary amides is 1. The third-order valence-electron chi connectivity index (χ3n) is 9.02. The second-order valence-electron chi connectivity index (χ2n) is 13.5. The molecule has 4 amide bonds. The lowest BCUT2D eigenvalue weighted by atomic mass is 9.78. The van der Waals surface area contributed by atoms with Gasteiger partial charge in [-0.3, -0.25) is 24.0 Å². The first-order valence-corrected chi connectivity index (χ1v) is 18.6. The second kappa shape index (κ2) is 19.9. The molecular weight excluding hydrogens is 707 g/mol. The summed E-state index contributed by atoms with van der Waals surface area (Å²) in [6, 6.07) is 11.6. The number of benzene rings is 2. The number of nitrogens with zero attached hydrogens (tertiary/aromatic N) is 2. The van der Waals surface area contributed by atoms with Crippen molar-refractivity contribution >= 4 is 41.4 Å². The number of carboxylic acid groups (broad SMARTS) is 1. The van der Waals surface area contributed by atoms with Gasteiger partial charge in [0.15, 0.2) is 0 Å². The lowest BCUT2D eigenvalue weighted by Crippen LogP contribution is -2.49. The fourth-order valence-corrected chi connectivity index (χ4v) is 6.69. The third-order valence-corrected chi connectivity index (χ3v) is 10.1. The molecule has 7 N–H and O–H groups in total. The molecule has 12 nitrogen and oxygen atoms in total. The van der Waals surface area contributed by atoms with Crippen molar-refractivity contribution in [2.75, 3.05) is 24.6 Å². The van der Waals surface area contributed by atoms with Crippen molar-refractivity contribution in [1.29, 1.82) is 0 Å². The first-order chi connectivity index (χ1) is 25.1. The van der Waals surface area contributed by atoms with Gasteiger partial charge < -0.3 is 36.7 Å². The average molecular weight is 757 g/mol. The average Bonchev–Trinajstić information content (AvgIpc) is 3.52. The van der Waals surface area contributed by atoms with Crippen LogP contribution in [0.15, 0.2) is 60.8 Å². The second-order valence-corrected chi connectivity index (χ2v) is 14.5. The van der Waals surface area contributed by atoms with E-state index in [9.17, 15) is 33.5 Å². The number of carbonyl (C=O) groups excluding carboxylic acids is 4. The van der Waals surface area contributed by atoms with Gasteiger partial charge in [0.1, 0.15) is 23.7 Å². The molecule has 0 fully saturated rings. The van der Waals surface area contributed by atoms with Crippen LogP contribution in [0.3, 0.4) is 0 Å². The summed E-state index contributed by atoms with van der Waals surface area (Å²) in [7, 11) is 0. The molecule has 3 atom stereocenters. The molecule has 0 saturated heterocycles. The Morgan fingerprint density at radius 2 is 1.74 bits per heavy atom. The number of aliphatic carboxylic acids is 1. The number of rotatable bonds is 21. The molecule has 2 aromatic carbocycles. The molecule has 3 aromatic rings. The summed E-state index contributed by atoms with van der Waals surface area (Å²) in [4.78, 5) is 63.9. The molecule has 53 heavy (non-hydrogen) atoms. The van der Waals surface area contributed by atoms with Crippen LogP contribution in [0.2, 0.25) is 0 Å². The monoisotopic (exact) mass is 756 g/mol. The number of amides is 4. The fourth-order valence-electron chi connectivity index (χ4n) is 5.83. The molecular formula is C38H50F2N6O6S. The van der Waals surface area contributed by atoms with E-state index in [1.165, 1.54) is 0 Å². The maximum Gasteiger partial charge on any atom is 0.321 e. The van der Waals surface area contributed by atoms with Gasteiger partial charge in [-0.15, -0.1) is 11.8 Å². The highest BCUT2D eigenvalue weighted by atomic mass is 32.2. The van der Waals surface area contributed by atoms with Crippen LogP contribution in [0.4, 0.5) is 8.78 Å². The number of carboxylic acids is 1. The number of aromatic nitrogens is 1. The SMILES string of the molecule is CCC(=O)N[C@@H](CC(N)=O)C(=O)NCCCN(C(=O)CSC[C@H](N)C(=O)O)C(c1cc(-c2cc(F)ccc2F)cn1Cc1ccccc1)C(C)(C)CC. The molecule has 0 aliphatic heterocycles. The van der Waals surface area contributed by atoms with Crippen LogP contribution < -0.4 is 22.1 Å². The minimum absolute atomic E-state index is 0.00901. The number of nitrogens with two attached hydrogens (primary N) is 2. The normalized spacial score (nSPS) is 13.1. The zero-order chi connectivity index (χ0) is 39.3. The lowest BCUT2D eigenvalue weighted by molar-refractivity contribution is -0.138. The molecule has 288 valence electrons. The van der Waals surface area contributed by atoms with Crippen LogP contribution in [0.25, 0.3) is 11.1 Å². The third kappa shape index (κ3) is 12.4. The molecule has 1 unspecified atom stereocenters. The van der Waals surface area contributed by atoms with E-state index in [0.29, 0.717) is 24.2 Å². The van der Waals surface area contributed by atoms with Crippen LogP contribution in [0.1, 0.15) is 70.7 Å². The zero-order valence-corrected chi connectivity index (χ0v) is 31.4. The molecule has 3 rings (SSSR count). The maximum absolute atomic E-state index is 15.2. The van der Waals surface area contributed by atoms with Crippen molar-refractivity contribution in [3.63, 3.8) is 0 Å². The van der Waals surface area contributed by atoms with Gasteiger partial charge in [0.25, 0.3) is 0 Å². The van der Waals surface area contributed by atoms with Gasteiger partial charge in [-0.05, 0) is 48.1 Å². The largest absolute Gasteiger partial charge is 0.480 e. The molecule has 0 radical (unpaired) electrons. The van der Waals surface area contributed by atoms with E-state index in [1.807, 2.05) is 55.7 Å². The van der Waals surface area contributed by atoms with Gasteiger partial charge in [0, 0.05) is 54.8 Å². The Bertz CT molecular complexity index is 1740. The smallest absolute Gasteiger partial charge is 0.321 e. The Balaban J connectivity index is 2.06. The summed E-state index contributed by atoms with van der Waals surface area (Å²) >= 11 is 1.08. The van der Waals surface area contributed by atoms with Crippen molar-refractivity contribution < 1.29 is 37.9 Å². The summed E-state index contributed by atoms with van der Waals surface area (Å²) < 4.78 is 31.5. The van der Waals surface area contributed by atoms with Gasteiger partial charge in [0.05, 0.1) is 18.2 Å². The van der Waals surface area contributed by atoms with Crippen LogP contribution in [-0.4, -0.2) is 80.9 Å². The molecule has 0 spiro atoms. The van der Waals surface area contributed by atoms with Crippen molar-refractivity contribution in [1.82, 2.24) is 20.1 Å². The van der Waals surface area contributed by atoms with Gasteiger partial charge in [-0.2, -0.15) is 0 Å². The van der Waals surface area contributed by atoms with Crippen molar-refractivity contribution in [2.24, 2.45) is 16.9 Å². The highest BCUT2D eigenvalue weighted by Crippen LogP contribution is 2.43. The maximum atomic E-state index is 15.2. The number of carbonyl (C=O) groups is 5. The zero-order valence-electron chi connectivity index (χ0n) is 30.6. The molecule has 0 bridgehead atoms. The first kappa shape index (κ1) is 42.7. The topological polar surface area (TPSA) is 190 Å². The minimum Gasteiger partial charge on any atom is -0.480 e. The van der Waals surface area contributed by atoms with Crippen molar-refractivity contribution in [3.05, 3.63) is 83.7 Å². The first-order valence-electron chi connectivity index (χ1n) is 17.5. The van der Waals surface area contributed by atoms with E-state index in [4.69, 9.17) is 11.5 Å². The highest BCUT2D eigenvalue weighted by Gasteiger charge is 2.39. The van der Waals surface area contributed by atoms with E-state index in [-0.39, 0.29) is 48.9 Å². The number of halogens is 2. The summed E-state index contributed by atoms with van der Waals surface area (Å²) in [5, 5.41) is 14.5. The molecule has 15 heteroatoms. The van der Waals surface area contributed by atoms with Gasteiger partial charge >= 0.3 is 5.97 Å². The predicted molar refractivity (Wildman–Crippen MR) is 200 cm³/mol. The molecule has 0 saturated carbocycles. The molecule has 1 aromatic heterocycles. The minimum atomic E-state index is -1.19. The Morgan fingerprint density at radius 3 is 2.36 bits per heavy atom. The van der Waals surface area contributed by atoms with E-state index in [0.717, 1.165) is 35.5 Å². The van der Waals surface area contributed by atoms with Crippen LogP contribution in [-0.2, 0) is 30.5 Å². The Kier molecular flexibility index (Phi) is 16.0. The number of nitrogens with one attached hydrogen (secondary N) is 2. The molecule has 0 aliphatic carbocycles. The summed E-state index contributed by atoms with van der Waals surface area (Å²) in [5.74, 6) is -4.63. The standard InChI is InChI=1S/C38H50F2N6O6S/c1-5-33(48)44-30(19-32(42)47)36(50)43-15-10-16-46(34(49)23-53-22-29(41)37(51)52)35(38(3,4)6-2)31-17-25(27-18-26(39)13-14-28(27)40)21-45(31)20-24-11-8-7-9-12-24/h7-9,11-14,17-18,21,29-30,35H,5-6,10,15-16,19-20,22-23,41H2,1-4H3,(H2,42,47)(H,43,50)(H,44,48)(H,51,52)/t29-,30-,35?/m0/s1. The Labute approximate surface area is 313 Å². The van der Waals surface area contributed by atoms with Crippen molar-refractivity contribution in [3.8, 4) is 11.1 Å². The lowest BCUT2D eigenvalue weighted by Gasteiger charge is -2.42. The van der Waals surface area contributed by atoms with Crippen molar-refractivity contribution in [2.45, 2.75) is 78.0 Å². The van der Waals surface area contributed by atoms with E-state index in [1.54, 1.807) is 24.1 Å². The quantitative estimate of drug-likeness (QED) is 0.1000. The van der Waals surface area contributed by atoms with Gasteiger partial charge in [-0.1, -0.05) is 58.0 Å². The Hall–Kier alpha value is -4.76. The van der Waals surface area contributed by atoms with E-state index in [2.05, 4.69) is 10.6 Å². The Morgan fingerprint density at radius 1 is 1.04 bits per heavy atom. The number of hydrogen-bond acceptors (Lipinski definition) is 7. The predicted octanol–water partition coefficient (Wildman–Crippen LogP) is 4.21. The summed E-state index contributed by atoms with van der Waals surface area (Å²) in [6.45, 7) is 8.14. The molecule has 0 aliphatic rings. The highest BCUT2D eigenvalue weighted by molar-refractivity contribution is 8.00. The molecule has 1 heterocycles. The van der Waals surface area contributed by atoms with Gasteiger partial charge in [0.2, 0.25) is 23.6 Å². The summed E-state index contributed by atoms with van der Waals surface area (Å²) in [5.41, 5.74) is 12.5. The summed E-state index contributed by atoms with van der Waals surface area (Å²) in [6.07, 6.45) is 2.30. The van der Waals surface area contributed by atoms with E-state index < -0.39 is 65.3 Å². The van der Waals surface area contributed by atoms with E-state index >= 15 is 4.39 Å². The van der Waals surface area contributed by atoms with Crippen LogP contribution in [0, 0.1) is 17.0 Å².